The summed E-state index contributed by atoms with van der Waals surface area (Å²) in [6.07, 6.45) is 12.2. The molecule has 59 heavy (non-hydrogen) atoms. The third-order valence-electron chi connectivity index (χ3n) is 12.1. The van der Waals surface area contributed by atoms with Crippen molar-refractivity contribution in [3.8, 4) is 23.0 Å². The molecule has 0 bridgehead atoms. The summed E-state index contributed by atoms with van der Waals surface area (Å²) in [6.45, 7) is 11.4. The van der Waals surface area contributed by atoms with Crippen LogP contribution in [0.25, 0.3) is 0 Å². The van der Waals surface area contributed by atoms with Gasteiger partial charge in [-0.2, -0.15) is 0 Å². The van der Waals surface area contributed by atoms with Crippen molar-refractivity contribution in [2.45, 2.75) is 102 Å². The lowest BCUT2D eigenvalue weighted by atomic mass is 9.55. The number of hydrogen-bond donors (Lipinski definition) is 2. The number of amides is 1. The van der Waals surface area contributed by atoms with Crippen LogP contribution >= 0.6 is 0 Å². The average Bonchev–Trinajstić information content (AvgIpc) is 3.73. The van der Waals surface area contributed by atoms with E-state index in [9.17, 15) is 15.0 Å². The molecule has 0 radical (unpaired) electrons. The predicted molar refractivity (Wildman–Crippen MR) is 220 cm³/mol. The van der Waals surface area contributed by atoms with Gasteiger partial charge in [0.2, 0.25) is 18.9 Å². The minimum absolute atomic E-state index is 0.0607. The zero-order chi connectivity index (χ0) is 41.2. The maximum absolute atomic E-state index is 14.5. The molecule has 1 amide bonds. The van der Waals surface area contributed by atoms with Crippen LogP contribution in [0, 0.1) is 17.8 Å². The first-order chi connectivity index (χ1) is 28.9. The lowest BCUT2D eigenvalue weighted by Gasteiger charge is -2.59. The minimum Gasteiger partial charge on any atom is -0.490 e. The Kier molecular flexibility index (Phi) is 14.5. The number of ether oxygens (including phenoxy) is 7. The molecule has 2 fully saturated rings. The fourth-order valence-electron chi connectivity index (χ4n) is 9.55. The Morgan fingerprint density at radius 2 is 1.78 bits per heavy atom. The number of benzene rings is 2. The summed E-state index contributed by atoms with van der Waals surface area (Å²) in [5.41, 5.74) is 3.40. The van der Waals surface area contributed by atoms with Crippen molar-refractivity contribution in [3.63, 3.8) is 0 Å². The first kappa shape index (κ1) is 42.6. The van der Waals surface area contributed by atoms with E-state index in [2.05, 4.69) is 25.3 Å². The second-order valence-corrected chi connectivity index (χ2v) is 15.8. The quantitative estimate of drug-likeness (QED) is 0.0767. The van der Waals surface area contributed by atoms with Crippen LogP contribution < -0.4 is 18.9 Å². The molecule has 2 aromatic rings. The molecule has 1 saturated carbocycles. The van der Waals surface area contributed by atoms with Crippen molar-refractivity contribution in [1.29, 1.82) is 0 Å². The molecule has 2 N–H and O–H groups in total. The molecular formula is C46H60N2O11. The SMILES string of the molecule is C=CCOc1ccc2c(c1)[C@H]1[C@H](CCCCO)[C@@H](CCCCO)C=C3C(=NOC4CCCCO4)C[C@H](N(Cc4ccc5c(c4)OCO5)C(=O)OCC)[C@@](OCC=C)(O2)[C@H]31. The Morgan fingerprint density at radius 3 is 2.54 bits per heavy atom. The molecule has 320 valence electrons. The summed E-state index contributed by atoms with van der Waals surface area (Å²) in [4.78, 5) is 22.5. The molecule has 13 nitrogen and oxygen atoms in total. The van der Waals surface area contributed by atoms with E-state index in [0.29, 0.717) is 54.8 Å². The van der Waals surface area contributed by atoms with Gasteiger partial charge in [-0.1, -0.05) is 48.9 Å². The largest absolute Gasteiger partial charge is 0.490 e. The maximum atomic E-state index is 14.5. The summed E-state index contributed by atoms with van der Waals surface area (Å²) >= 11 is 0. The van der Waals surface area contributed by atoms with Gasteiger partial charge in [-0.05, 0) is 98.8 Å². The number of aliphatic hydroxyl groups is 2. The fraction of sp³-hybridized carbons (Fsp3) is 0.565. The Balaban J connectivity index is 1.44. The van der Waals surface area contributed by atoms with Gasteiger partial charge < -0.3 is 48.2 Å². The summed E-state index contributed by atoms with van der Waals surface area (Å²) in [6, 6.07) is 10.8. The summed E-state index contributed by atoms with van der Waals surface area (Å²) in [5, 5.41) is 24.8. The number of fused-ring (bicyclic) bond motifs is 3. The molecule has 2 aliphatic carbocycles. The summed E-state index contributed by atoms with van der Waals surface area (Å²) in [7, 11) is 0. The van der Waals surface area contributed by atoms with Crippen molar-refractivity contribution in [3.05, 3.63) is 84.5 Å². The monoisotopic (exact) mass is 816 g/mol. The van der Waals surface area contributed by atoms with Gasteiger partial charge in [0.05, 0.1) is 31.5 Å². The molecule has 3 aliphatic heterocycles. The van der Waals surface area contributed by atoms with E-state index in [1.807, 2.05) is 30.3 Å². The highest BCUT2D eigenvalue weighted by molar-refractivity contribution is 6.03. The normalized spacial score (nSPS) is 27.1. The lowest BCUT2D eigenvalue weighted by Crippen LogP contribution is -2.70. The van der Waals surface area contributed by atoms with Crippen molar-refractivity contribution in [2.24, 2.45) is 22.9 Å². The van der Waals surface area contributed by atoms with E-state index < -0.39 is 30.1 Å². The maximum Gasteiger partial charge on any atom is 0.410 e. The number of hydrogen-bond acceptors (Lipinski definition) is 12. The van der Waals surface area contributed by atoms with Gasteiger partial charge in [-0.15, -0.1) is 6.58 Å². The second-order valence-electron chi connectivity index (χ2n) is 15.8. The van der Waals surface area contributed by atoms with Crippen LogP contribution in [0.4, 0.5) is 4.79 Å². The molecule has 1 unspecified atom stereocenters. The van der Waals surface area contributed by atoms with E-state index in [-0.39, 0.29) is 63.9 Å². The number of aliphatic hydroxyl groups excluding tert-OH is 2. The van der Waals surface area contributed by atoms with Gasteiger partial charge in [-0.3, -0.25) is 4.90 Å². The highest BCUT2D eigenvalue weighted by atomic mass is 16.8. The standard InChI is InChI=1S/C46H60N2O11/c1-4-22-53-33-17-19-38-36(27-33)43-34(14-8-11-21-50)32(13-7-10-20-49)26-35-37(47-59-42-15-9-12-24-54-42)28-41(46(58-38,44(35)43)57-23-5-2)48(45(51)52-6-3)29-31-16-18-39-40(25-31)56-30-55-39/h4-5,16-19,25-27,32,34,41-44,49-50H,1-2,6-15,20-24,28-30H2,3H3/t32-,34+,41-,42?,43+,44+,46+/m0/s1. The van der Waals surface area contributed by atoms with Crippen LogP contribution in [0.5, 0.6) is 23.0 Å². The Morgan fingerprint density at radius 1 is 0.983 bits per heavy atom. The van der Waals surface area contributed by atoms with E-state index in [4.69, 9.17) is 43.2 Å². The van der Waals surface area contributed by atoms with Gasteiger partial charge in [0.15, 0.2) is 11.5 Å². The molecule has 7 atom stereocenters. The number of nitrogens with zero attached hydrogens (tertiary/aromatic N) is 2. The Bertz CT molecular complexity index is 1830. The van der Waals surface area contributed by atoms with Gasteiger partial charge in [0.1, 0.15) is 24.1 Å². The summed E-state index contributed by atoms with van der Waals surface area (Å²) < 4.78 is 43.7. The number of allylic oxidation sites excluding steroid dienone is 1. The van der Waals surface area contributed by atoms with Crippen molar-refractivity contribution in [2.75, 3.05) is 46.4 Å². The smallest absolute Gasteiger partial charge is 0.410 e. The number of oxime groups is 1. The fourth-order valence-corrected chi connectivity index (χ4v) is 9.55. The molecule has 1 saturated heterocycles. The van der Waals surface area contributed by atoms with E-state index in [0.717, 1.165) is 61.6 Å². The third-order valence-corrected chi connectivity index (χ3v) is 12.1. The van der Waals surface area contributed by atoms with Gasteiger partial charge in [0, 0.05) is 44.1 Å². The van der Waals surface area contributed by atoms with Crippen molar-refractivity contribution in [1.82, 2.24) is 4.90 Å². The second kappa shape index (κ2) is 20.1. The van der Waals surface area contributed by atoms with Crippen LogP contribution in [-0.4, -0.2) is 91.5 Å². The molecule has 7 rings (SSSR count). The van der Waals surface area contributed by atoms with Crippen molar-refractivity contribution < 1.29 is 53.0 Å². The molecule has 2 aromatic carbocycles. The Hall–Kier alpha value is -4.56. The van der Waals surface area contributed by atoms with Crippen LogP contribution in [0.3, 0.4) is 0 Å². The number of rotatable bonds is 20. The van der Waals surface area contributed by atoms with Crippen LogP contribution in [-0.2, 0) is 25.6 Å². The zero-order valence-electron chi connectivity index (χ0n) is 34.3. The molecule has 0 spiro atoms. The number of carbonyl (C=O) groups is 1. The first-order valence-electron chi connectivity index (χ1n) is 21.4. The topological polar surface area (TPSA) is 147 Å². The van der Waals surface area contributed by atoms with Gasteiger partial charge >= 0.3 is 6.09 Å². The zero-order valence-corrected chi connectivity index (χ0v) is 34.3. The lowest BCUT2D eigenvalue weighted by molar-refractivity contribution is -0.256. The van der Waals surface area contributed by atoms with E-state index in [1.165, 1.54) is 0 Å². The highest BCUT2D eigenvalue weighted by Gasteiger charge is 2.65. The van der Waals surface area contributed by atoms with Gasteiger partial charge in [0.25, 0.3) is 0 Å². The predicted octanol–water partition coefficient (Wildman–Crippen LogP) is 7.80. The molecule has 0 aromatic heterocycles. The third kappa shape index (κ3) is 9.28. The molecule has 3 heterocycles. The minimum atomic E-state index is -1.45. The number of carbonyl (C=O) groups excluding carboxylic acids is 1. The molecule has 5 aliphatic rings. The molecule has 13 heteroatoms. The van der Waals surface area contributed by atoms with E-state index in [1.54, 1.807) is 24.0 Å². The van der Waals surface area contributed by atoms with E-state index >= 15 is 0 Å². The number of unbranched alkanes of at least 4 members (excludes halogenated alkanes) is 2. The Labute approximate surface area is 347 Å². The van der Waals surface area contributed by atoms with Gasteiger partial charge in [-0.25, -0.2) is 4.79 Å². The van der Waals surface area contributed by atoms with Crippen molar-refractivity contribution >= 4 is 11.8 Å². The van der Waals surface area contributed by atoms with Crippen LogP contribution in [0.1, 0.15) is 88.2 Å². The molecular weight excluding hydrogens is 757 g/mol. The summed E-state index contributed by atoms with van der Waals surface area (Å²) in [5.74, 6) is 0.559. The van der Waals surface area contributed by atoms with Crippen LogP contribution in [0.15, 0.2) is 78.5 Å². The first-order valence-corrected chi connectivity index (χ1v) is 21.4. The average molecular weight is 817 g/mol. The van der Waals surface area contributed by atoms with Crippen LogP contribution in [0.2, 0.25) is 0 Å². The highest BCUT2D eigenvalue weighted by Crippen LogP contribution is 2.62.